The molecular formula is C26H28Cl2N2O2. The third-order valence-electron chi connectivity index (χ3n) is 6.33. The number of hydrogen-bond donors (Lipinski definition) is 0. The normalized spacial score (nSPS) is 15.2. The molecule has 0 aromatic heterocycles. The average Bonchev–Trinajstić information content (AvgIpc) is 2.82. The molecule has 0 aliphatic carbocycles. The van der Waals surface area contributed by atoms with Gasteiger partial charge < -0.3 is 14.4 Å². The van der Waals surface area contributed by atoms with E-state index in [4.69, 9.17) is 21.1 Å². The van der Waals surface area contributed by atoms with Gasteiger partial charge in [0.05, 0.1) is 7.11 Å². The molecule has 32 heavy (non-hydrogen) atoms. The van der Waals surface area contributed by atoms with E-state index in [9.17, 15) is 0 Å². The third-order valence-corrected chi connectivity index (χ3v) is 6.56. The van der Waals surface area contributed by atoms with Gasteiger partial charge in [0.2, 0.25) is 0 Å². The quantitative estimate of drug-likeness (QED) is 0.477. The summed E-state index contributed by atoms with van der Waals surface area (Å²) < 4.78 is 11.7. The van der Waals surface area contributed by atoms with E-state index in [0.29, 0.717) is 6.61 Å². The van der Waals surface area contributed by atoms with Crippen molar-refractivity contribution in [1.82, 2.24) is 4.90 Å². The molecule has 5 rings (SSSR count). The molecule has 1 fully saturated rings. The Labute approximate surface area is 201 Å². The van der Waals surface area contributed by atoms with E-state index >= 15 is 0 Å². The van der Waals surface area contributed by atoms with Crippen molar-refractivity contribution in [1.29, 1.82) is 0 Å². The van der Waals surface area contributed by atoms with Gasteiger partial charge in [-0.2, -0.15) is 0 Å². The largest absolute Gasteiger partial charge is 0.493 e. The number of halogens is 2. The molecule has 0 radical (unpaired) electrons. The van der Waals surface area contributed by atoms with Gasteiger partial charge in [-0.3, -0.25) is 4.90 Å². The van der Waals surface area contributed by atoms with Crippen molar-refractivity contribution in [2.75, 3.05) is 44.7 Å². The predicted octanol–water partition coefficient (Wildman–Crippen LogP) is 5.69. The number of methoxy groups -OCH3 is 1. The van der Waals surface area contributed by atoms with Crippen LogP contribution in [0, 0.1) is 0 Å². The van der Waals surface area contributed by atoms with Gasteiger partial charge in [0.1, 0.15) is 6.61 Å². The van der Waals surface area contributed by atoms with Crippen LogP contribution in [0.2, 0.25) is 5.02 Å². The lowest BCUT2D eigenvalue weighted by molar-refractivity contribution is 0.260. The summed E-state index contributed by atoms with van der Waals surface area (Å²) in [6.45, 7) is 5.77. The SMILES string of the molecule is COc1ccc(CCN2CCN(c3cccc(Cl)c3)CC2)c2c1OCc1ccccc1-2.Cl. The Morgan fingerprint density at radius 3 is 2.56 bits per heavy atom. The van der Waals surface area contributed by atoms with Crippen molar-refractivity contribution in [3.63, 3.8) is 0 Å². The monoisotopic (exact) mass is 470 g/mol. The van der Waals surface area contributed by atoms with E-state index in [-0.39, 0.29) is 12.4 Å². The highest BCUT2D eigenvalue weighted by molar-refractivity contribution is 6.30. The summed E-state index contributed by atoms with van der Waals surface area (Å²) in [5, 5.41) is 0.798. The number of rotatable bonds is 5. The van der Waals surface area contributed by atoms with Crippen molar-refractivity contribution in [2.45, 2.75) is 13.0 Å². The number of ether oxygens (including phenoxy) is 2. The van der Waals surface area contributed by atoms with E-state index in [2.05, 4.69) is 52.3 Å². The van der Waals surface area contributed by atoms with Crippen molar-refractivity contribution in [3.05, 3.63) is 76.8 Å². The van der Waals surface area contributed by atoms with Crippen LogP contribution in [0.3, 0.4) is 0 Å². The fourth-order valence-electron chi connectivity index (χ4n) is 4.63. The van der Waals surface area contributed by atoms with Gasteiger partial charge in [-0.05, 0) is 47.4 Å². The number of hydrogen-bond acceptors (Lipinski definition) is 4. The summed E-state index contributed by atoms with van der Waals surface area (Å²) in [5.41, 5.74) is 6.23. The van der Waals surface area contributed by atoms with Crippen molar-refractivity contribution in [3.8, 4) is 22.6 Å². The number of anilines is 1. The molecule has 3 aromatic rings. The third kappa shape index (κ3) is 4.54. The lowest BCUT2D eigenvalue weighted by atomic mass is 9.91. The molecule has 1 saturated heterocycles. The fourth-order valence-corrected chi connectivity index (χ4v) is 4.82. The van der Waals surface area contributed by atoms with Crippen LogP contribution in [-0.2, 0) is 13.0 Å². The Balaban J connectivity index is 0.00000245. The highest BCUT2D eigenvalue weighted by atomic mass is 35.5. The second-order valence-corrected chi connectivity index (χ2v) is 8.57. The number of fused-ring (bicyclic) bond motifs is 3. The molecule has 3 aromatic carbocycles. The van der Waals surface area contributed by atoms with Gasteiger partial charge >= 0.3 is 0 Å². The molecule has 0 amide bonds. The first-order valence-corrected chi connectivity index (χ1v) is 11.2. The smallest absolute Gasteiger partial charge is 0.169 e. The second kappa shape index (κ2) is 10.0. The maximum Gasteiger partial charge on any atom is 0.169 e. The van der Waals surface area contributed by atoms with Gasteiger partial charge in [0.15, 0.2) is 11.5 Å². The topological polar surface area (TPSA) is 24.9 Å². The van der Waals surface area contributed by atoms with E-state index in [1.54, 1.807) is 7.11 Å². The Morgan fingerprint density at radius 1 is 0.969 bits per heavy atom. The number of piperazine rings is 1. The zero-order valence-electron chi connectivity index (χ0n) is 18.2. The van der Waals surface area contributed by atoms with Crippen LogP contribution < -0.4 is 14.4 Å². The Morgan fingerprint density at radius 2 is 1.78 bits per heavy atom. The molecule has 0 atom stereocenters. The molecule has 6 heteroatoms. The summed E-state index contributed by atoms with van der Waals surface area (Å²) in [5.74, 6) is 1.69. The van der Waals surface area contributed by atoms with Crippen LogP contribution in [0.15, 0.2) is 60.7 Å². The lowest BCUT2D eigenvalue weighted by Crippen LogP contribution is -2.47. The highest BCUT2D eigenvalue weighted by Gasteiger charge is 2.24. The summed E-state index contributed by atoms with van der Waals surface area (Å²) in [4.78, 5) is 4.97. The lowest BCUT2D eigenvalue weighted by Gasteiger charge is -2.36. The van der Waals surface area contributed by atoms with Crippen LogP contribution in [0.1, 0.15) is 11.1 Å². The molecule has 0 spiro atoms. The molecule has 0 unspecified atom stereocenters. The zero-order chi connectivity index (χ0) is 21.2. The van der Waals surface area contributed by atoms with Crippen LogP contribution in [0.5, 0.6) is 11.5 Å². The molecule has 168 valence electrons. The zero-order valence-corrected chi connectivity index (χ0v) is 19.8. The molecule has 4 nitrogen and oxygen atoms in total. The highest BCUT2D eigenvalue weighted by Crippen LogP contribution is 2.45. The first-order valence-electron chi connectivity index (χ1n) is 10.9. The van der Waals surface area contributed by atoms with Crippen molar-refractivity contribution < 1.29 is 9.47 Å². The fraction of sp³-hybridized carbons (Fsp3) is 0.308. The molecular weight excluding hydrogens is 443 g/mol. The molecule has 0 saturated carbocycles. The van der Waals surface area contributed by atoms with E-state index in [0.717, 1.165) is 55.7 Å². The summed E-state index contributed by atoms with van der Waals surface area (Å²) in [6.07, 6.45) is 0.987. The summed E-state index contributed by atoms with van der Waals surface area (Å²) >= 11 is 6.17. The number of benzene rings is 3. The van der Waals surface area contributed by atoms with Gasteiger partial charge in [-0.15, -0.1) is 12.4 Å². The Bertz CT molecular complexity index is 1080. The predicted molar refractivity (Wildman–Crippen MR) is 134 cm³/mol. The minimum atomic E-state index is 0. The summed E-state index contributed by atoms with van der Waals surface area (Å²) in [6, 6.07) is 20.9. The first-order chi connectivity index (χ1) is 15.2. The van der Waals surface area contributed by atoms with Crippen LogP contribution in [0.4, 0.5) is 5.69 Å². The van der Waals surface area contributed by atoms with Crippen molar-refractivity contribution >= 4 is 29.7 Å². The Hall–Kier alpha value is -2.40. The van der Waals surface area contributed by atoms with Gasteiger partial charge in [0, 0.05) is 49.0 Å². The molecule has 0 N–H and O–H groups in total. The molecule has 2 aliphatic heterocycles. The minimum Gasteiger partial charge on any atom is -0.493 e. The van der Waals surface area contributed by atoms with E-state index in [1.165, 1.54) is 27.9 Å². The van der Waals surface area contributed by atoms with Gasteiger partial charge in [-0.1, -0.05) is 48.0 Å². The summed E-state index contributed by atoms with van der Waals surface area (Å²) in [7, 11) is 1.71. The average molecular weight is 471 g/mol. The Kier molecular flexibility index (Phi) is 7.14. The van der Waals surface area contributed by atoms with Gasteiger partial charge in [-0.25, -0.2) is 0 Å². The van der Waals surface area contributed by atoms with Crippen molar-refractivity contribution in [2.24, 2.45) is 0 Å². The maximum atomic E-state index is 6.17. The standard InChI is InChI=1S/C26H27ClN2O2.ClH/c1-30-24-10-9-19(25-23-8-3-2-5-20(23)18-31-26(24)25)11-12-28-13-15-29(16-14-28)22-7-4-6-21(27)17-22;/h2-10,17H,11-16,18H2,1H3;1H. The van der Waals surface area contributed by atoms with Crippen LogP contribution >= 0.6 is 24.0 Å². The maximum absolute atomic E-state index is 6.17. The molecule has 2 aliphatic rings. The molecule has 0 bridgehead atoms. The van der Waals surface area contributed by atoms with E-state index in [1.807, 2.05) is 18.2 Å². The van der Waals surface area contributed by atoms with Crippen LogP contribution in [0.25, 0.3) is 11.1 Å². The van der Waals surface area contributed by atoms with Crippen LogP contribution in [-0.4, -0.2) is 44.7 Å². The molecule has 2 heterocycles. The second-order valence-electron chi connectivity index (χ2n) is 8.14. The van der Waals surface area contributed by atoms with E-state index < -0.39 is 0 Å². The minimum absolute atomic E-state index is 0. The first kappa shape index (κ1) is 22.8. The van der Waals surface area contributed by atoms with Gasteiger partial charge in [0.25, 0.3) is 0 Å². The number of nitrogens with zero attached hydrogens (tertiary/aromatic N) is 2.